The van der Waals surface area contributed by atoms with E-state index in [-0.39, 0.29) is 12.5 Å². The van der Waals surface area contributed by atoms with Gasteiger partial charge in [0.05, 0.1) is 5.56 Å². The summed E-state index contributed by atoms with van der Waals surface area (Å²) in [5.74, 6) is 0.703. The lowest BCUT2D eigenvalue weighted by Crippen LogP contribution is -2.35. The van der Waals surface area contributed by atoms with E-state index in [1.165, 1.54) is 12.8 Å². The molecule has 110 valence electrons. The highest BCUT2D eigenvalue weighted by atomic mass is 79.9. The van der Waals surface area contributed by atoms with Gasteiger partial charge in [-0.15, -0.1) is 0 Å². The molecule has 2 N–H and O–H groups in total. The van der Waals surface area contributed by atoms with E-state index in [4.69, 9.17) is 0 Å². The molecule has 0 radical (unpaired) electrons. The van der Waals surface area contributed by atoms with E-state index < -0.39 is 0 Å². The minimum absolute atomic E-state index is 0.0390. The van der Waals surface area contributed by atoms with Crippen LogP contribution in [0.15, 0.2) is 22.7 Å². The van der Waals surface area contributed by atoms with Gasteiger partial charge in [-0.1, -0.05) is 24.5 Å². The lowest BCUT2D eigenvalue weighted by Gasteiger charge is -2.30. The largest absolute Gasteiger partial charge is 0.396 e. The Hall–Kier alpha value is -0.870. The number of hydrogen-bond donors (Lipinski definition) is 2. The third kappa shape index (κ3) is 3.83. The molecule has 20 heavy (non-hydrogen) atoms. The molecule has 0 heterocycles. The Morgan fingerprint density at radius 2 is 2.05 bits per heavy atom. The van der Waals surface area contributed by atoms with Crippen molar-refractivity contribution < 1.29 is 9.90 Å². The minimum Gasteiger partial charge on any atom is -0.396 e. The molecule has 1 aliphatic carbocycles. The van der Waals surface area contributed by atoms with Gasteiger partial charge in [0.25, 0.3) is 5.91 Å². The van der Waals surface area contributed by atoms with Crippen molar-refractivity contribution in [3.8, 4) is 0 Å². The molecule has 2 unspecified atom stereocenters. The summed E-state index contributed by atoms with van der Waals surface area (Å²) in [4.78, 5) is 12.3. The van der Waals surface area contributed by atoms with Crippen molar-refractivity contribution in [3.05, 3.63) is 33.8 Å². The summed E-state index contributed by atoms with van der Waals surface area (Å²) in [6, 6.07) is 5.77. The lowest BCUT2D eigenvalue weighted by molar-refractivity contribution is 0.0908. The zero-order chi connectivity index (χ0) is 14.5. The van der Waals surface area contributed by atoms with Gasteiger partial charge in [0, 0.05) is 17.6 Å². The number of aliphatic hydroxyl groups is 1. The Morgan fingerprint density at radius 1 is 1.35 bits per heavy atom. The molecule has 1 saturated carbocycles. The van der Waals surface area contributed by atoms with E-state index >= 15 is 0 Å². The maximum absolute atomic E-state index is 12.3. The van der Waals surface area contributed by atoms with Crippen LogP contribution >= 0.6 is 15.9 Å². The average molecular weight is 340 g/mol. The van der Waals surface area contributed by atoms with Crippen LogP contribution in [0.3, 0.4) is 0 Å². The molecule has 1 aliphatic rings. The van der Waals surface area contributed by atoms with Crippen LogP contribution in [0.1, 0.15) is 41.6 Å². The Kier molecular flexibility index (Phi) is 5.61. The van der Waals surface area contributed by atoms with Gasteiger partial charge in [-0.3, -0.25) is 4.79 Å². The van der Waals surface area contributed by atoms with Gasteiger partial charge in [0.15, 0.2) is 0 Å². The van der Waals surface area contributed by atoms with Gasteiger partial charge in [-0.25, -0.2) is 0 Å². The summed E-state index contributed by atoms with van der Waals surface area (Å²) in [5.41, 5.74) is 1.76. The molecular weight excluding hydrogens is 318 g/mol. The third-order valence-corrected chi connectivity index (χ3v) is 4.88. The van der Waals surface area contributed by atoms with Gasteiger partial charge in [0.2, 0.25) is 0 Å². The molecule has 2 rings (SSSR count). The summed E-state index contributed by atoms with van der Waals surface area (Å²) >= 11 is 3.42. The van der Waals surface area contributed by atoms with Crippen LogP contribution in [-0.4, -0.2) is 24.2 Å². The summed E-state index contributed by atoms with van der Waals surface area (Å²) in [6.45, 7) is 2.87. The molecule has 3 nitrogen and oxygen atoms in total. The predicted molar refractivity (Wildman–Crippen MR) is 83.7 cm³/mol. The van der Waals surface area contributed by atoms with Gasteiger partial charge in [-0.05, 0) is 59.7 Å². The number of halogens is 1. The van der Waals surface area contributed by atoms with Crippen molar-refractivity contribution >= 4 is 21.8 Å². The molecule has 1 amide bonds. The zero-order valence-electron chi connectivity index (χ0n) is 11.9. The molecule has 1 fully saturated rings. The van der Waals surface area contributed by atoms with Crippen LogP contribution in [0.4, 0.5) is 0 Å². The summed E-state index contributed by atoms with van der Waals surface area (Å²) in [6.07, 6.45) is 4.57. The fraction of sp³-hybridized carbons (Fsp3) is 0.562. The number of hydrogen-bond acceptors (Lipinski definition) is 2. The number of amides is 1. The van der Waals surface area contributed by atoms with Crippen LogP contribution in [0, 0.1) is 18.8 Å². The topological polar surface area (TPSA) is 49.3 Å². The lowest BCUT2D eigenvalue weighted by atomic mass is 9.79. The molecule has 0 spiro atoms. The molecule has 1 aromatic carbocycles. The van der Waals surface area contributed by atoms with Crippen LogP contribution in [0.2, 0.25) is 0 Å². The number of rotatable bonds is 4. The van der Waals surface area contributed by atoms with Gasteiger partial charge in [0.1, 0.15) is 0 Å². The van der Waals surface area contributed by atoms with Crippen LogP contribution in [0.5, 0.6) is 0 Å². The van der Waals surface area contributed by atoms with E-state index in [0.717, 1.165) is 22.9 Å². The third-order valence-electron chi connectivity index (χ3n) is 4.19. The minimum atomic E-state index is -0.0390. The Balaban J connectivity index is 1.96. The second kappa shape index (κ2) is 7.23. The zero-order valence-corrected chi connectivity index (χ0v) is 13.4. The Morgan fingerprint density at radius 3 is 2.75 bits per heavy atom. The quantitative estimate of drug-likeness (QED) is 0.884. The molecule has 2 atom stereocenters. The summed E-state index contributed by atoms with van der Waals surface area (Å²) < 4.78 is 0.822. The normalized spacial score (nSPS) is 22.6. The monoisotopic (exact) mass is 339 g/mol. The summed E-state index contributed by atoms with van der Waals surface area (Å²) in [7, 11) is 0. The fourth-order valence-electron chi connectivity index (χ4n) is 2.93. The van der Waals surface area contributed by atoms with Crippen molar-refractivity contribution in [1.82, 2.24) is 5.32 Å². The molecule has 0 saturated heterocycles. The smallest absolute Gasteiger partial charge is 0.252 e. The van der Waals surface area contributed by atoms with E-state index in [2.05, 4.69) is 21.2 Å². The molecule has 0 aromatic heterocycles. The Bertz CT molecular complexity index is 476. The number of benzene rings is 1. The predicted octanol–water partition coefficient (Wildman–Crippen LogP) is 3.29. The summed E-state index contributed by atoms with van der Waals surface area (Å²) in [5, 5.41) is 12.4. The van der Waals surface area contributed by atoms with Crippen LogP contribution in [0.25, 0.3) is 0 Å². The SMILES string of the molecule is Cc1ccc(Br)c(C(=O)NCC2CCCCC2CO)c1. The van der Waals surface area contributed by atoms with Gasteiger partial charge in [-0.2, -0.15) is 0 Å². The van der Waals surface area contributed by atoms with E-state index in [1.807, 2.05) is 25.1 Å². The average Bonchev–Trinajstić information content (AvgIpc) is 2.47. The van der Waals surface area contributed by atoms with Gasteiger partial charge >= 0.3 is 0 Å². The highest BCUT2D eigenvalue weighted by Crippen LogP contribution is 2.29. The van der Waals surface area contributed by atoms with Gasteiger partial charge < -0.3 is 10.4 Å². The second-order valence-corrected chi connectivity index (χ2v) is 6.53. The molecule has 1 aromatic rings. The van der Waals surface area contributed by atoms with Crippen molar-refractivity contribution in [1.29, 1.82) is 0 Å². The highest BCUT2D eigenvalue weighted by molar-refractivity contribution is 9.10. The van der Waals surface area contributed by atoms with Crippen molar-refractivity contribution in [2.75, 3.05) is 13.2 Å². The maximum atomic E-state index is 12.3. The molecule has 4 heteroatoms. The first kappa shape index (κ1) is 15.5. The number of aliphatic hydroxyl groups excluding tert-OH is 1. The van der Waals surface area contributed by atoms with Crippen molar-refractivity contribution in [2.24, 2.45) is 11.8 Å². The molecule has 0 bridgehead atoms. The first-order valence-electron chi connectivity index (χ1n) is 7.27. The molecule has 0 aliphatic heterocycles. The second-order valence-electron chi connectivity index (χ2n) is 5.68. The van der Waals surface area contributed by atoms with E-state index in [9.17, 15) is 9.90 Å². The number of carbonyl (C=O) groups is 1. The molecular formula is C16H22BrNO2. The number of aryl methyl sites for hydroxylation is 1. The first-order chi connectivity index (χ1) is 9.61. The first-order valence-corrected chi connectivity index (χ1v) is 8.06. The van der Waals surface area contributed by atoms with Crippen molar-refractivity contribution in [3.63, 3.8) is 0 Å². The standard InChI is InChI=1S/C16H22BrNO2/c1-11-6-7-15(17)14(8-11)16(20)18-9-12-4-2-3-5-13(12)10-19/h6-8,12-13,19H,2-5,9-10H2,1H3,(H,18,20). The van der Waals surface area contributed by atoms with E-state index in [1.54, 1.807) is 0 Å². The van der Waals surface area contributed by atoms with Crippen molar-refractivity contribution in [2.45, 2.75) is 32.6 Å². The maximum Gasteiger partial charge on any atom is 0.252 e. The highest BCUT2D eigenvalue weighted by Gasteiger charge is 2.25. The fourth-order valence-corrected chi connectivity index (χ4v) is 3.35. The Labute approximate surface area is 128 Å². The number of nitrogens with one attached hydrogen (secondary N) is 1. The van der Waals surface area contributed by atoms with Crippen LogP contribution < -0.4 is 5.32 Å². The van der Waals surface area contributed by atoms with E-state index in [0.29, 0.717) is 23.9 Å². The van der Waals surface area contributed by atoms with Crippen LogP contribution in [-0.2, 0) is 0 Å². The number of carbonyl (C=O) groups excluding carboxylic acids is 1.